The Balaban J connectivity index is 1.70. The maximum atomic E-state index is 13.6. The Kier molecular flexibility index (Phi) is 9.06. The van der Waals surface area contributed by atoms with Crippen molar-refractivity contribution in [2.75, 3.05) is 25.1 Å². The first-order valence-corrected chi connectivity index (χ1v) is 11.9. The molecule has 0 aliphatic heterocycles. The van der Waals surface area contributed by atoms with Crippen molar-refractivity contribution in [2.45, 2.75) is 32.1 Å². The number of hydrogen-bond donors (Lipinski definition) is 3. The van der Waals surface area contributed by atoms with E-state index in [1.807, 2.05) is 13.8 Å². The maximum Gasteiger partial charge on any atom is 0.435 e. The topological polar surface area (TPSA) is 129 Å². The highest BCUT2D eigenvalue weighted by molar-refractivity contribution is 6.34. The summed E-state index contributed by atoms with van der Waals surface area (Å²) in [6, 6.07) is 4.26. The Hall–Kier alpha value is -3.86. The summed E-state index contributed by atoms with van der Waals surface area (Å²) in [6.07, 6.45) is 2.73. The zero-order valence-corrected chi connectivity index (χ0v) is 22.2. The van der Waals surface area contributed by atoms with Crippen molar-refractivity contribution in [2.24, 2.45) is 12.8 Å². The van der Waals surface area contributed by atoms with Crippen molar-refractivity contribution in [3.8, 4) is 23.6 Å². The van der Waals surface area contributed by atoms with Crippen LogP contribution in [0.3, 0.4) is 0 Å². The van der Waals surface area contributed by atoms with Crippen LogP contribution in [-0.4, -0.2) is 56.4 Å². The molecule has 0 aliphatic rings. The first-order chi connectivity index (χ1) is 18.2. The van der Waals surface area contributed by atoms with Gasteiger partial charge < -0.3 is 25.7 Å². The van der Waals surface area contributed by atoms with Crippen LogP contribution in [-0.2, 0) is 24.5 Å². The van der Waals surface area contributed by atoms with Gasteiger partial charge in [-0.1, -0.05) is 17.5 Å². The van der Waals surface area contributed by atoms with Crippen molar-refractivity contribution in [3.05, 3.63) is 52.7 Å². The number of carbonyl (C=O) groups is 2. The number of ether oxygens (including phenoxy) is 1. The molecule has 14 heteroatoms. The molecule has 0 aliphatic carbocycles. The van der Waals surface area contributed by atoms with Crippen LogP contribution in [0.5, 0.6) is 0 Å². The summed E-state index contributed by atoms with van der Waals surface area (Å²) in [4.78, 5) is 29.3. The Morgan fingerprint density at radius 3 is 2.59 bits per heavy atom. The standard InChI is InChI=1S/C25H27ClF3N7O3/c1-5-9-36-13-17(20(34-36)25(27,28)29)19-12-32-21(35(19)4)23(38)33-15-6-7-16(18(26)11-15)22(37)31-8-10-39-14-24(2,3)30/h1,6-7,11-13H,8-10,14,30H2,2-4H3,(H,31,37)(H,33,38). The molecular weight excluding hydrogens is 539 g/mol. The van der Waals surface area contributed by atoms with Gasteiger partial charge in [-0.2, -0.15) is 18.3 Å². The Morgan fingerprint density at radius 2 is 1.97 bits per heavy atom. The minimum atomic E-state index is -4.75. The molecule has 2 heterocycles. The fraction of sp³-hybridized carbons (Fsp3) is 0.360. The van der Waals surface area contributed by atoms with Crippen LogP contribution < -0.4 is 16.4 Å². The summed E-state index contributed by atoms with van der Waals surface area (Å²) in [6.45, 7) is 4.30. The number of terminal acetylenes is 1. The Bertz CT molecular complexity index is 1400. The van der Waals surface area contributed by atoms with Crippen molar-refractivity contribution >= 4 is 29.1 Å². The van der Waals surface area contributed by atoms with Crippen LogP contribution in [0.2, 0.25) is 5.02 Å². The van der Waals surface area contributed by atoms with Crippen LogP contribution in [0.15, 0.2) is 30.6 Å². The molecule has 0 unspecified atom stereocenters. The fourth-order valence-corrected chi connectivity index (χ4v) is 3.76. The quantitative estimate of drug-likeness (QED) is 0.255. The molecule has 0 spiro atoms. The molecule has 1 aromatic carbocycles. The molecule has 0 atom stereocenters. The summed E-state index contributed by atoms with van der Waals surface area (Å²) < 4.78 is 48.3. The fourth-order valence-electron chi connectivity index (χ4n) is 3.49. The highest BCUT2D eigenvalue weighted by Gasteiger charge is 2.38. The van der Waals surface area contributed by atoms with Crippen LogP contribution in [0.25, 0.3) is 11.3 Å². The number of amides is 2. The number of hydrogen-bond acceptors (Lipinski definition) is 6. The second kappa shape index (κ2) is 11.9. The molecule has 208 valence electrons. The van der Waals surface area contributed by atoms with Gasteiger partial charge >= 0.3 is 6.18 Å². The van der Waals surface area contributed by atoms with Crippen molar-refractivity contribution in [3.63, 3.8) is 0 Å². The van der Waals surface area contributed by atoms with E-state index in [4.69, 9.17) is 28.5 Å². The molecule has 0 radical (unpaired) electrons. The highest BCUT2D eigenvalue weighted by atomic mass is 35.5. The van der Waals surface area contributed by atoms with Gasteiger partial charge in [0, 0.05) is 31.0 Å². The zero-order chi connectivity index (χ0) is 29.0. The van der Waals surface area contributed by atoms with E-state index in [1.54, 1.807) is 0 Å². The highest BCUT2D eigenvalue weighted by Crippen LogP contribution is 2.36. The first kappa shape index (κ1) is 29.7. The largest absolute Gasteiger partial charge is 0.435 e. The number of alkyl halides is 3. The molecule has 0 saturated heterocycles. The van der Waals surface area contributed by atoms with Crippen LogP contribution in [0.1, 0.15) is 40.5 Å². The number of carbonyl (C=O) groups excluding carboxylic acids is 2. The number of halogens is 4. The van der Waals surface area contributed by atoms with Gasteiger partial charge in [0.25, 0.3) is 11.8 Å². The van der Waals surface area contributed by atoms with E-state index >= 15 is 0 Å². The molecule has 0 saturated carbocycles. The van der Waals surface area contributed by atoms with Gasteiger partial charge in [-0.25, -0.2) is 4.98 Å². The lowest BCUT2D eigenvalue weighted by atomic mass is 10.1. The molecule has 2 aromatic heterocycles. The summed E-state index contributed by atoms with van der Waals surface area (Å²) in [5, 5.41) is 8.85. The van der Waals surface area contributed by atoms with E-state index in [9.17, 15) is 22.8 Å². The molecule has 0 fully saturated rings. The predicted molar refractivity (Wildman–Crippen MR) is 139 cm³/mol. The molecule has 3 rings (SSSR count). The number of anilines is 1. The summed E-state index contributed by atoms with van der Waals surface area (Å²) in [7, 11) is 1.40. The number of aromatic nitrogens is 4. The van der Waals surface area contributed by atoms with Gasteiger partial charge in [0.2, 0.25) is 0 Å². The van der Waals surface area contributed by atoms with Gasteiger partial charge in [0.05, 0.1) is 41.3 Å². The van der Waals surface area contributed by atoms with Crippen LogP contribution in [0, 0.1) is 12.3 Å². The second-order valence-electron chi connectivity index (χ2n) is 9.26. The lowest BCUT2D eigenvalue weighted by Gasteiger charge is -2.18. The first-order valence-electron chi connectivity index (χ1n) is 11.6. The summed E-state index contributed by atoms with van der Waals surface area (Å²) in [5.41, 5.74) is 4.36. The number of nitrogens with one attached hydrogen (secondary N) is 2. The third-order valence-corrected chi connectivity index (χ3v) is 5.54. The van der Waals surface area contributed by atoms with Gasteiger partial charge in [-0.05, 0) is 32.0 Å². The number of imidazole rings is 1. The second-order valence-corrected chi connectivity index (χ2v) is 9.67. The molecule has 39 heavy (non-hydrogen) atoms. The number of nitrogens with two attached hydrogens (primary N) is 1. The smallest absolute Gasteiger partial charge is 0.378 e. The maximum absolute atomic E-state index is 13.6. The molecule has 3 aromatic rings. The molecule has 4 N–H and O–H groups in total. The molecule has 2 amide bonds. The van der Waals surface area contributed by atoms with Gasteiger partial charge in [0.1, 0.15) is 6.54 Å². The lowest BCUT2D eigenvalue weighted by Crippen LogP contribution is -2.38. The number of benzene rings is 1. The lowest BCUT2D eigenvalue weighted by molar-refractivity contribution is -0.141. The average molecular weight is 566 g/mol. The molecule has 10 nitrogen and oxygen atoms in total. The minimum Gasteiger partial charge on any atom is -0.378 e. The third-order valence-electron chi connectivity index (χ3n) is 5.23. The van der Waals surface area contributed by atoms with E-state index in [0.717, 1.165) is 17.1 Å². The Morgan fingerprint density at radius 1 is 1.26 bits per heavy atom. The molecule has 0 bridgehead atoms. The van der Waals surface area contributed by atoms with E-state index in [1.165, 1.54) is 29.8 Å². The van der Waals surface area contributed by atoms with Crippen molar-refractivity contribution < 1.29 is 27.5 Å². The predicted octanol–water partition coefficient (Wildman–Crippen LogP) is 3.33. The van der Waals surface area contributed by atoms with Gasteiger partial charge in [-0.15, -0.1) is 6.42 Å². The van der Waals surface area contributed by atoms with E-state index in [0.29, 0.717) is 6.61 Å². The SMILES string of the molecule is C#CCn1cc(-c2cnc(C(=O)Nc3ccc(C(=O)NCCOCC(C)(C)N)c(Cl)c3)n2C)c(C(F)(F)F)n1. The third kappa shape index (κ3) is 7.60. The monoisotopic (exact) mass is 565 g/mol. The van der Waals surface area contributed by atoms with Gasteiger partial charge in [-0.3, -0.25) is 14.3 Å². The van der Waals surface area contributed by atoms with Crippen molar-refractivity contribution in [1.29, 1.82) is 0 Å². The van der Waals surface area contributed by atoms with Gasteiger partial charge in [0.15, 0.2) is 11.5 Å². The normalized spacial score (nSPS) is 11.8. The van der Waals surface area contributed by atoms with E-state index in [2.05, 4.69) is 26.6 Å². The van der Waals surface area contributed by atoms with Crippen LogP contribution >= 0.6 is 11.6 Å². The summed E-state index contributed by atoms with van der Waals surface area (Å²) in [5.74, 6) is 0.920. The van der Waals surface area contributed by atoms with E-state index < -0.39 is 29.2 Å². The minimum absolute atomic E-state index is 0.0137. The van der Waals surface area contributed by atoms with Crippen molar-refractivity contribution in [1.82, 2.24) is 24.6 Å². The van der Waals surface area contributed by atoms with Crippen LogP contribution in [0.4, 0.5) is 18.9 Å². The van der Waals surface area contributed by atoms with E-state index in [-0.39, 0.29) is 53.1 Å². The Labute approximate surface area is 227 Å². The summed E-state index contributed by atoms with van der Waals surface area (Å²) >= 11 is 6.25. The molecular formula is C25H27ClF3N7O3. The average Bonchev–Trinajstić information content (AvgIpc) is 3.41. The number of nitrogens with zero attached hydrogens (tertiary/aromatic N) is 4. The zero-order valence-electron chi connectivity index (χ0n) is 21.4. The number of rotatable bonds is 10.